The van der Waals surface area contributed by atoms with Crippen molar-refractivity contribution in [3.63, 3.8) is 0 Å². The number of primary amides is 1. The van der Waals surface area contributed by atoms with Gasteiger partial charge in [0.2, 0.25) is 11.8 Å². The summed E-state index contributed by atoms with van der Waals surface area (Å²) in [7, 11) is 0. The molecule has 1 aromatic heterocycles. The van der Waals surface area contributed by atoms with E-state index in [1.807, 2.05) is 53.2 Å². The molecule has 0 spiro atoms. The van der Waals surface area contributed by atoms with E-state index in [4.69, 9.17) is 5.73 Å². The second-order valence-electron chi connectivity index (χ2n) is 7.88. The Kier molecular flexibility index (Phi) is 6.80. The summed E-state index contributed by atoms with van der Waals surface area (Å²) in [6.45, 7) is 3.53. The lowest BCUT2D eigenvalue weighted by Gasteiger charge is -2.33. The number of anilines is 2. The third kappa shape index (κ3) is 4.96. The Hall–Kier alpha value is -3.26. The van der Waals surface area contributed by atoms with Crippen LogP contribution >= 0.6 is 11.8 Å². The lowest BCUT2D eigenvalue weighted by Crippen LogP contribution is -2.38. The van der Waals surface area contributed by atoms with E-state index in [0.29, 0.717) is 0 Å². The molecule has 0 atom stereocenters. The maximum Gasteiger partial charge on any atom is 0.234 e. The van der Waals surface area contributed by atoms with Crippen molar-refractivity contribution in [2.75, 3.05) is 29.1 Å². The average Bonchev–Trinajstić information content (AvgIpc) is 3.27. The highest BCUT2D eigenvalue weighted by Crippen LogP contribution is 2.30. The second-order valence-corrected chi connectivity index (χ2v) is 8.83. The van der Waals surface area contributed by atoms with E-state index in [9.17, 15) is 9.59 Å². The molecule has 1 fully saturated rings. The summed E-state index contributed by atoms with van der Waals surface area (Å²) in [5.41, 5.74) is 9.39. The van der Waals surface area contributed by atoms with Gasteiger partial charge in [-0.25, -0.2) is 4.98 Å². The van der Waals surface area contributed by atoms with Gasteiger partial charge in [0, 0.05) is 31.4 Å². The average molecular weight is 450 g/mol. The van der Waals surface area contributed by atoms with Gasteiger partial charge < -0.3 is 16.0 Å². The van der Waals surface area contributed by atoms with Crippen molar-refractivity contribution in [1.29, 1.82) is 0 Å². The SMILES string of the molecule is Cc1ccccc1-n1ccnc1SCC(=O)Nc1ccccc1N1CCC(C(N)=O)CC1. The minimum absolute atomic E-state index is 0.0682. The zero-order chi connectivity index (χ0) is 22.5. The number of nitrogens with two attached hydrogens (primary N) is 1. The molecule has 7 nitrogen and oxygen atoms in total. The molecule has 0 bridgehead atoms. The van der Waals surface area contributed by atoms with E-state index in [-0.39, 0.29) is 23.5 Å². The van der Waals surface area contributed by atoms with Crippen LogP contribution in [0.25, 0.3) is 5.69 Å². The Morgan fingerprint density at radius 3 is 2.50 bits per heavy atom. The Bertz CT molecular complexity index is 1110. The Labute approximate surface area is 192 Å². The van der Waals surface area contributed by atoms with E-state index < -0.39 is 0 Å². The van der Waals surface area contributed by atoms with Gasteiger partial charge in [0.15, 0.2) is 5.16 Å². The highest BCUT2D eigenvalue weighted by atomic mass is 32.2. The summed E-state index contributed by atoms with van der Waals surface area (Å²) >= 11 is 1.40. The molecule has 2 heterocycles. The number of aryl methyl sites for hydroxylation is 1. The van der Waals surface area contributed by atoms with Crippen LogP contribution in [0.3, 0.4) is 0 Å². The fourth-order valence-electron chi connectivity index (χ4n) is 3.99. The Morgan fingerprint density at radius 2 is 1.78 bits per heavy atom. The van der Waals surface area contributed by atoms with Crippen molar-refractivity contribution < 1.29 is 9.59 Å². The standard InChI is InChI=1S/C24H27N5O2S/c1-17-6-2-4-8-20(17)29-15-12-26-24(29)32-16-22(30)27-19-7-3-5-9-21(19)28-13-10-18(11-14-28)23(25)31/h2-9,12,15,18H,10-11,13-14,16H2,1H3,(H2,25,31)(H,27,30). The molecule has 166 valence electrons. The number of thioether (sulfide) groups is 1. The molecule has 0 radical (unpaired) electrons. The first-order chi connectivity index (χ1) is 15.5. The lowest BCUT2D eigenvalue weighted by molar-refractivity contribution is -0.122. The number of para-hydroxylation sites is 3. The van der Waals surface area contributed by atoms with Crippen molar-refractivity contribution in [3.05, 3.63) is 66.5 Å². The van der Waals surface area contributed by atoms with Gasteiger partial charge in [-0.1, -0.05) is 42.1 Å². The monoisotopic (exact) mass is 449 g/mol. The number of piperidine rings is 1. The fraction of sp³-hybridized carbons (Fsp3) is 0.292. The highest BCUT2D eigenvalue weighted by Gasteiger charge is 2.24. The number of imidazole rings is 1. The van der Waals surface area contributed by atoms with E-state index in [0.717, 1.165) is 53.7 Å². The van der Waals surface area contributed by atoms with Crippen molar-refractivity contribution in [1.82, 2.24) is 9.55 Å². The summed E-state index contributed by atoms with van der Waals surface area (Å²) in [6.07, 6.45) is 5.12. The van der Waals surface area contributed by atoms with E-state index >= 15 is 0 Å². The van der Waals surface area contributed by atoms with Crippen molar-refractivity contribution in [2.45, 2.75) is 24.9 Å². The summed E-state index contributed by atoms with van der Waals surface area (Å²) in [5, 5.41) is 3.82. The van der Waals surface area contributed by atoms with Crippen molar-refractivity contribution in [2.24, 2.45) is 11.7 Å². The number of rotatable bonds is 7. The number of aromatic nitrogens is 2. The molecule has 1 saturated heterocycles. The summed E-state index contributed by atoms with van der Waals surface area (Å²) < 4.78 is 2.00. The smallest absolute Gasteiger partial charge is 0.234 e. The molecule has 2 aromatic carbocycles. The molecule has 4 rings (SSSR count). The molecule has 3 aromatic rings. The van der Waals surface area contributed by atoms with Gasteiger partial charge in [-0.3, -0.25) is 14.2 Å². The molecule has 0 saturated carbocycles. The van der Waals surface area contributed by atoms with Crippen LogP contribution in [0, 0.1) is 12.8 Å². The summed E-state index contributed by atoms with van der Waals surface area (Å²) in [6, 6.07) is 15.9. The third-order valence-corrected chi connectivity index (χ3v) is 6.70. The minimum atomic E-state index is -0.229. The van der Waals surface area contributed by atoms with Crippen molar-refractivity contribution in [3.8, 4) is 5.69 Å². The predicted octanol–water partition coefficient (Wildman–Crippen LogP) is 3.61. The molecule has 8 heteroatoms. The summed E-state index contributed by atoms with van der Waals surface area (Å²) in [4.78, 5) is 30.8. The van der Waals surface area contributed by atoms with E-state index in [1.54, 1.807) is 6.20 Å². The van der Waals surface area contributed by atoms with Gasteiger partial charge in [0.1, 0.15) is 0 Å². The number of carbonyl (C=O) groups is 2. The maximum atomic E-state index is 12.8. The van der Waals surface area contributed by atoms with E-state index in [2.05, 4.69) is 28.2 Å². The van der Waals surface area contributed by atoms with Crippen LogP contribution in [0.15, 0.2) is 66.1 Å². The molecular weight excluding hydrogens is 422 g/mol. The zero-order valence-corrected chi connectivity index (χ0v) is 18.8. The number of benzene rings is 2. The van der Waals surface area contributed by atoms with Gasteiger partial charge in [0.05, 0.1) is 22.8 Å². The van der Waals surface area contributed by atoms with Crippen LogP contribution in [0.4, 0.5) is 11.4 Å². The first-order valence-electron chi connectivity index (χ1n) is 10.7. The molecule has 3 N–H and O–H groups in total. The highest BCUT2D eigenvalue weighted by molar-refractivity contribution is 7.99. The predicted molar refractivity (Wildman–Crippen MR) is 128 cm³/mol. The molecule has 1 aliphatic heterocycles. The number of hydrogen-bond acceptors (Lipinski definition) is 5. The largest absolute Gasteiger partial charge is 0.370 e. The third-order valence-electron chi connectivity index (χ3n) is 5.73. The van der Waals surface area contributed by atoms with Gasteiger partial charge in [-0.05, 0) is 43.5 Å². The number of amides is 2. The van der Waals surface area contributed by atoms with Gasteiger partial charge in [-0.2, -0.15) is 0 Å². The van der Waals surface area contributed by atoms with Gasteiger partial charge in [-0.15, -0.1) is 0 Å². The number of nitrogens with zero attached hydrogens (tertiary/aromatic N) is 3. The topological polar surface area (TPSA) is 93.2 Å². The van der Waals surface area contributed by atoms with Crippen LogP contribution in [-0.2, 0) is 9.59 Å². The molecule has 1 aliphatic rings. The normalized spacial score (nSPS) is 14.3. The van der Waals surface area contributed by atoms with Crippen LogP contribution in [0.2, 0.25) is 0 Å². The van der Waals surface area contributed by atoms with Crippen LogP contribution in [-0.4, -0.2) is 40.2 Å². The van der Waals surface area contributed by atoms with Crippen molar-refractivity contribution >= 4 is 35.0 Å². The lowest BCUT2D eigenvalue weighted by atomic mass is 9.96. The van der Waals surface area contributed by atoms with Gasteiger partial charge in [0.25, 0.3) is 0 Å². The van der Waals surface area contributed by atoms with Crippen LogP contribution in [0.1, 0.15) is 18.4 Å². The Morgan fingerprint density at radius 1 is 1.09 bits per heavy atom. The molecular formula is C24H27N5O2S. The van der Waals surface area contributed by atoms with Crippen LogP contribution in [0.5, 0.6) is 0 Å². The number of carbonyl (C=O) groups excluding carboxylic acids is 2. The molecule has 32 heavy (non-hydrogen) atoms. The second kappa shape index (κ2) is 9.91. The quantitative estimate of drug-likeness (QED) is 0.538. The van der Waals surface area contributed by atoms with Gasteiger partial charge >= 0.3 is 0 Å². The minimum Gasteiger partial charge on any atom is -0.370 e. The Balaban J connectivity index is 1.40. The van der Waals surface area contributed by atoms with E-state index in [1.165, 1.54) is 11.8 Å². The number of nitrogens with one attached hydrogen (secondary N) is 1. The first-order valence-corrected chi connectivity index (χ1v) is 11.7. The summed E-state index contributed by atoms with van der Waals surface area (Å²) in [5.74, 6) is -0.136. The molecule has 2 amide bonds. The zero-order valence-electron chi connectivity index (χ0n) is 18.0. The molecule has 0 unspecified atom stereocenters. The first kappa shape index (κ1) is 22.0. The number of hydrogen-bond donors (Lipinski definition) is 2. The van der Waals surface area contributed by atoms with Crippen LogP contribution < -0.4 is 16.0 Å². The molecule has 0 aliphatic carbocycles. The fourth-order valence-corrected chi connectivity index (χ4v) is 4.76. The maximum absolute atomic E-state index is 12.8.